The van der Waals surface area contributed by atoms with E-state index < -0.39 is 0 Å². The summed E-state index contributed by atoms with van der Waals surface area (Å²) in [4.78, 5) is 14.9. The summed E-state index contributed by atoms with van der Waals surface area (Å²) in [7, 11) is 0. The second-order valence-corrected chi connectivity index (χ2v) is 9.29. The fourth-order valence-corrected chi connectivity index (χ4v) is 4.49. The predicted molar refractivity (Wildman–Crippen MR) is 123 cm³/mol. The van der Waals surface area contributed by atoms with Crippen molar-refractivity contribution in [3.05, 3.63) is 46.8 Å². The van der Waals surface area contributed by atoms with Gasteiger partial charge >= 0.3 is 0 Å². The van der Waals surface area contributed by atoms with Gasteiger partial charge in [0.1, 0.15) is 0 Å². The van der Waals surface area contributed by atoms with Gasteiger partial charge in [-0.15, -0.1) is 0 Å². The average Bonchev–Trinajstić information content (AvgIpc) is 3.00. The molecule has 1 aromatic heterocycles. The monoisotopic (exact) mass is 411 g/mol. The molecule has 1 amide bonds. The van der Waals surface area contributed by atoms with Gasteiger partial charge in [0.15, 0.2) is 0 Å². The molecule has 0 atom stereocenters. The lowest BCUT2D eigenvalue weighted by molar-refractivity contribution is 0.0369. The molecule has 0 radical (unpaired) electrons. The van der Waals surface area contributed by atoms with Gasteiger partial charge in [0.2, 0.25) is 0 Å². The Morgan fingerprint density at radius 3 is 2.27 bits per heavy atom. The number of nitrogens with zero attached hydrogens (tertiary/aromatic N) is 2. The Labute approximate surface area is 181 Å². The summed E-state index contributed by atoms with van der Waals surface area (Å²) >= 11 is 0. The summed E-state index contributed by atoms with van der Waals surface area (Å²) in [5.74, 6) is -0.343. The van der Waals surface area contributed by atoms with E-state index in [0.29, 0.717) is 5.56 Å². The third-order valence-electron chi connectivity index (χ3n) is 6.21. The largest absolute Gasteiger partial charge is 0.379 e. The molecule has 0 aliphatic carbocycles. The standard InChI is InChI=1S/C25H37N3O2/c1-6-21-23(19-8-10-20(11-9-19)25(3,4)5)22(24(26)29)18(2)28(21)13-7-12-27-14-16-30-17-15-27/h8-11H,6-7,12-17H2,1-5H3,(H2,26,29). The van der Waals surface area contributed by atoms with E-state index in [4.69, 9.17) is 10.5 Å². The molecule has 30 heavy (non-hydrogen) atoms. The SMILES string of the molecule is CCc1c(-c2ccc(C(C)(C)C)cc2)c(C(N)=O)c(C)n1CCCN1CCOCC1. The van der Waals surface area contributed by atoms with Crippen LogP contribution in [0.3, 0.4) is 0 Å². The van der Waals surface area contributed by atoms with E-state index in [1.54, 1.807) is 0 Å². The normalized spacial score (nSPS) is 15.5. The molecule has 2 heterocycles. The molecular formula is C25H37N3O2. The molecule has 0 saturated carbocycles. The van der Waals surface area contributed by atoms with Crippen molar-refractivity contribution < 1.29 is 9.53 Å². The number of ether oxygens (including phenoxy) is 1. The van der Waals surface area contributed by atoms with Crippen molar-refractivity contribution >= 4 is 5.91 Å². The molecule has 2 aromatic rings. The van der Waals surface area contributed by atoms with Crippen molar-refractivity contribution in [3.8, 4) is 11.1 Å². The fraction of sp³-hybridized carbons (Fsp3) is 0.560. The molecule has 5 heteroatoms. The predicted octanol–water partition coefficient (Wildman–Crippen LogP) is 4.14. The molecule has 0 unspecified atom stereocenters. The fourth-order valence-electron chi connectivity index (χ4n) is 4.49. The first kappa shape index (κ1) is 22.6. The molecule has 1 aliphatic heterocycles. The molecule has 1 fully saturated rings. The number of morpholine rings is 1. The van der Waals surface area contributed by atoms with E-state index >= 15 is 0 Å². The Hall–Kier alpha value is -2.11. The van der Waals surface area contributed by atoms with Crippen LogP contribution in [-0.4, -0.2) is 48.2 Å². The van der Waals surface area contributed by atoms with E-state index in [9.17, 15) is 4.79 Å². The maximum absolute atomic E-state index is 12.4. The highest BCUT2D eigenvalue weighted by Crippen LogP contribution is 2.34. The van der Waals surface area contributed by atoms with E-state index in [1.807, 2.05) is 6.92 Å². The number of hydrogen-bond acceptors (Lipinski definition) is 3. The highest BCUT2D eigenvalue weighted by Gasteiger charge is 2.24. The topological polar surface area (TPSA) is 60.5 Å². The summed E-state index contributed by atoms with van der Waals surface area (Å²) in [5, 5.41) is 0. The van der Waals surface area contributed by atoms with Gasteiger partial charge < -0.3 is 15.0 Å². The minimum atomic E-state index is -0.343. The van der Waals surface area contributed by atoms with Crippen molar-refractivity contribution in [2.24, 2.45) is 5.73 Å². The van der Waals surface area contributed by atoms with Crippen LogP contribution in [0.1, 0.15) is 61.4 Å². The van der Waals surface area contributed by atoms with Gasteiger partial charge in [0.05, 0.1) is 18.8 Å². The molecule has 1 saturated heterocycles. The zero-order valence-corrected chi connectivity index (χ0v) is 19.3. The van der Waals surface area contributed by atoms with E-state index in [-0.39, 0.29) is 11.3 Å². The molecule has 1 aliphatic rings. The minimum absolute atomic E-state index is 0.0972. The van der Waals surface area contributed by atoms with Crippen LogP contribution in [-0.2, 0) is 23.1 Å². The molecule has 5 nitrogen and oxygen atoms in total. The summed E-state index contributed by atoms with van der Waals surface area (Å²) in [6, 6.07) is 8.62. The van der Waals surface area contributed by atoms with Crippen LogP contribution in [0.5, 0.6) is 0 Å². The van der Waals surface area contributed by atoms with Crippen LogP contribution in [0.15, 0.2) is 24.3 Å². The highest BCUT2D eigenvalue weighted by atomic mass is 16.5. The van der Waals surface area contributed by atoms with Gasteiger partial charge in [0.25, 0.3) is 5.91 Å². The Balaban J connectivity index is 1.92. The first-order valence-corrected chi connectivity index (χ1v) is 11.2. The summed E-state index contributed by atoms with van der Waals surface area (Å²) in [6.07, 6.45) is 1.91. The van der Waals surface area contributed by atoms with E-state index in [2.05, 4.69) is 61.4 Å². The zero-order chi connectivity index (χ0) is 21.9. The van der Waals surface area contributed by atoms with Gasteiger partial charge in [-0.3, -0.25) is 9.69 Å². The van der Waals surface area contributed by atoms with Crippen molar-refractivity contribution in [2.75, 3.05) is 32.8 Å². The molecular weight excluding hydrogens is 374 g/mol. The van der Waals surface area contributed by atoms with Gasteiger partial charge in [-0.05, 0) is 36.3 Å². The van der Waals surface area contributed by atoms with Crippen LogP contribution in [0, 0.1) is 6.92 Å². The lowest BCUT2D eigenvalue weighted by atomic mass is 9.86. The number of benzene rings is 1. The van der Waals surface area contributed by atoms with Crippen LogP contribution < -0.4 is 5.73 Å². The Kier molecular flexibility index (Phi) is 7.04. The van der Waals surface area contributed by atoms with Crippen molar-refractivity contribution in [3.63, 3.8) is 0 Å². The van der Waals surface area contributed by atoms with Crippen molar-refractivity contribution in [1.29, 1.82) is 0 Å². The molecule has 2 N–H and O–H groups in total. The molecule has 164 valence electrons. The third-order valence-corrected chi connectivity index (χ3v) is 6.21. The van der Waals surface area contributed by atoms with Crippen molar-refractivity contribution in [2.45, 2.75) is 59.4 Å². The van der Waals surface area contributed by atoms with Crippen LogP contribution in [0.25, 0.3) is 11.1 Å². The van der Waals surface area contributed by atoms with Gasteiger partial charge in [-0.25, -0.2) is 0 Å². The Morgan fingerprint density at radius 1 is 1.10 bits per heavy atom. The van der Waals surface area contributed by atoms with Gasteiger partial charge in [0, 0.05) is 43.1 Å². The van der Waals surface area contributed by atoms with Crippen molar-refractivity contribution in [1.82, 2.24) is 9.47 Å². The molecule has 1 aromatic carbocycles. The summed E-state index contributed by atoms with van der Waals surface area (Å²) in [6.45, 7) is 16.4. The van der Waals surface area contributed by atoms with Crippen LogP contribution >= 0.6 is 0 Å². The smallest absolute Gasteiger partial charge is 0.251 e. The number of carbonyl (C=O) groups is 1. The molecule has 0 spiro atoms. The van der Waals surface area contributed by atoms with Gasteiger partial charge in [-0.2, -0.15) is 0 Å². The first-order valence-electron chi connectivity index (χ1n) is 11.2. The number of carbonyl (C=O) groups excluding carboxylic acids is 1. The maximum atomic E-state index is 12.4. The number of aromatic nitrogens is 1. The van der Waals surface area contributed by atoms with Crippen LogP contribution in [0.2, 0.25) is 0 Å². The lowest BCUT2D eigenvalue weighted by Gasteiger charge is -2.26. The minimum Gasteiger partial charge on any atom is -0.379 e. The maximum Gasteiger partial charge on any atom is 0.251 e. The highest BCUT2D eigenvalue weighted by molar-refractivity contribution is 6.02. The molecule has 3 rings (SSSR count). The van der Waals surface area contributed by atoms with E-state index in [0.717, 1.165) is 69.1 Å². The quantitative estimate of drug-likeness (QED) is 0.745. The summed E-state index contributed by atoms with van der Waals surface area (Å²) in [5.41, 5.74) is 12.2. The summed E-state index contributed by atoms with van der Waals surface area (Å²) < 4.78 is 7.76. The van der Waals surface area contributed by atoms with E-state index in [1.165, 1.54) is 11.3 Å². The molecule has 0 bridgehead atoms. The number of primary amides is 1. The zero-order valence-electron chi connectivity index (χ0n) is 19.3. The number of nitrogens with two attached hydrogens (primary N) is 1. The van der Waals surface area contributed by atoms with Gasteiger partial charge in [-0.1, -0.05) is 52.0 Å². The number of amides is 1. The Morgan fingerprint density at radius 2 is 1.73 bits per heavy atom. The second-order valence-electron chi connectivity index (χ2n) is 9.29. The number of rotatable bonds is 7. The number of hydrogen-bond donors (Lipinski definition) is 1. The lowest BCUT2D eigenvalue weighted by Crippen LogP contribution is -2.37. The first-order chi connectivity index (χ1) is 14.2. The van der Waals surface area contributed by atoms with Crippen LogP contribution in [0.4, 0.5) is 0 Å². The Bertz CT molecular complexity index is 869. The average molecular weight is 412 g/mol. The third kappa shape index (κ3) is 4.79. The second kappa shape index (κ2) is 9.36.